The molecule has 1 N–H and O–H groups in total. The third-order valence-corrected chi connectivity index (χ3v) is 8.42. The zero-order chi connectivity index (χ0) is 27.6. The summed E-state index contributed by atoms with van der Waals surface area (Å²) < 4.78 is 12.3. The van der Waals surface area contributed by atoms with Gasteiger partial charge in [0.1, 0.15) is 17.1 Å². The molecule has 0 aromatic heterocycles. The lowest BCUT2D eigenvalue weighted by atomic mass is 9.83. The first-order valence-corrected chi connectivity index (χ1v) is 14.7. The molecule has 0 bridgehead atoms. The SMILES string of the molecule is CCCCCC(C)CCCC(C)CCCC1(C)CCc2c(C)c(OC(=O)CCC(=O)O)c(C)c(C)c2O1. The summed E-state index contributed by atoms with van der Waals surface area (Å²) >= 11 is 0. The molecule has 5 heteroatoms. The van der Waals surface area contributed by atoms with Crippen LogP contribution in [0.2, 0.25) is 0 Å². The van der Waals surface area contributed by atoms with Crippen molar-refractivity contribution >= 4 is 11.9 Å². The van der Waals surface area contributed by atoms with Gasteiger partial charge in [0, 0.05) is 5.56 Å². The number of carboxylic acid groups (broad SMARTS) is 1. The molecule has 1 aliphatic heterocycles. The molecular weight excluding hydrogens is 464 g/mol. The van der Waals surface area contributed by atoms with E-state index in [1.807, 2.05) is 20.8 Å². The fourth-order valence-corrected chi connectivity index (χ4v) is 5.66. The van der Waals surface area contributed by atoms with E-state index in [9.17, 15) is 9.59 Å². The highest BCUT2D eigenvalue weighted by Gasteiger charge is 2.34. The monoisotopic (exact) mass is 516 g/mol. The molecule has 210 valence electrons. The third kappa shape index (κ3) is 9.65. The average Bonchev–Trinajstić information content (AvgIpc) is 2.84. The van der Waals surface area contributed by atoms with E-state index < -0.39 is 11.9 Å². The Kier molecular flexibility index (Phi) is 12.5. The van der Waals surface area contributed by atoms with Crippen LogP contribution in [0.4, 0.5) is 0 Å². The molecule has 2 rings (SSSR count). The van der Waals surface area contributed by atoms with Gasteiger partial charge >= 0.3 is 11.9 Å². The lowest BCUT2D eigenvalue weighted by molar-refractivity contribution is -0.142. The Hall–Kier alpha value is -2.04. The van der Waals surface area contributed by atoms with Gasteiger partial charge in [0.05, 0.1) is 12.8 Å². The van der Waals surface area contributed by atoms with E-state index in [4.69, 9.17) is 14.6 Å². The summed E-state index contributed by atoms with van der Waals surface area (Å²) in [4.78, 5) is 23.0. The van der Waals surface area contributed by atoms with Crippen LogP contribution in [0.15, 0.2) is 0 Å². The number of carbonyl (C=O) groups is 2. The molecule has 0 aliphatic carbocycles. The van der Waals surface area contributed by atoms with E-state index in [1.165, 1.54) is 57.8 Å². The van der Waals surface area contributed by atoms with Crippen molar-refractivity contribution < 1.29 is 24.2 Å². The standard InChI is InChI=1S/C32H52O5/c1-8-9-10-13-22(2)14-11-15-23(3)16-12-20-32(7)21-19-27-26(6)30(24(4)25(5)31(27)37-32)36-29(35)18-17-28(33)34/h22-23H,8-21H2,1-7H3,(H,33,34). The number of carbonyl (C=O) groups excluding carboxylic acids is 1. The summed E-state index contributed by atoms with van der Waals surface area (Å²) in [5, 5.41) is 8.85. The van der Waals surface area contributed by atoms with E-state index >= 15 is 0 Å². The molecule has 1 aromatic rings. The molecule has 5 nitrogen and oxygen atoms in total. The van der Waals surface area contributed by atoms with Crippen molar-refractivity contribution in [3.63, 3.8) is 0 Å². The topological polar surface area (TPSA) is 72.8 Å². The number of hydrogen-bond donors (Lipinski definition) is 1. The quantitative estimate of drug-likeness (QED) is 0.135. The predicted molar refractivity (Wildman–Crippen MR) is 151 cm³/mol. The van der Waals surface area contributed by atoms with Crippen molar-refractivity contribution in [2.45, 2.75) is 144 Å². The van der Waals surface area contributed by atoms with Gasteiger partial charge < -0.3 is 14.6 Å². The third-order valence-electron chi connectivity index (χ3n) is 8.42. The number of benzene rings is 1. The van der Waals surface area contributed by atoms with E-state index in [1.54, 1.807) is 0 Å². The van der Waals surface area contributed by atoms with Gasteiger partial charge in [-0.25, -0.2) is 0 Å². The Morgan fingerprint density at radius 2 is 1.54 bits per heavy atom. The number of fused-ring (bicyclic) bond motifs is 1. The van der Waals surface area contributed by atoms with Crippen LogP contribution in [0, 0.1) is 32.6 Å². The molecule has 37 heavy (non-hydrogen) atoms. The number of unbranched alkanes of at least 4 members (excludes halogenated alkanes) is 2. The molecule has 1 aromatic carbocycles. The first kappa shape index (κ1) is 31.2. The summed E-state index contributed by atoms with van der Waals surface area (Å²) in [5.74, 6) is 1.62. The summed E-state index contributed by atoms with van der Waals surface area (Å²) in [5.41, 5.74) is 3.77. The smallest absolute Gasteiger partial charge is 0.311 e. The van der Waals surface area contributed by atoms with Crippen LogP contribution >= 0.6 is 0 Å². The second-order valence-corrected chi connectivity index (χ2v) is 12.0. The normalized spacial score (nSPS) is 18.6. The van der Waals surface area contributed by atoms with Gasteiger partial charge in [-0.1, -0.05) is 72.1 Å². The number of carboxylic acids is 1. The number of rotatable bonds is 16. The van der Waals surface area contributed by atoms with Crippen LogP contribution in [0.25, 0.3) is 0 Å². The first-order valence-electron chi connectivity index (χ1n) is 14.7. The summed E-state index contributed by atoms with van der Waals surface area (Å²) in [6, 6.07) is 0. The van der Waals surface area contributed by atoms with Crippen molar-refractivity contribution in [1.82, 2.24) is 0 Å². The zero-order valence-electron chi connectivity index (χ0n) is 24.6. The molecule has 0 radical (unpaired) electrons. The highest BCUT2D eigenvalue weighted by atomic mass is 16.5. The van der Waals surface area contributed by atoms with Crippen molar-refractivity contribution in [1.29, 1.82) is 0 Å². The van der Waals surface area contributed by atoms with Gasteiger partial charge in [-0.3, -0.25) is 9.59 Å². The van der Waals surface area contributed by atoms with E-state index in [0.717, 1.165) is 59.1 Å². The van der Waals surface area contributed by atoms with Crippen LogP contribution in [0.3, 0.4) is 0 Å². The van der Waals surface area contributed by atoms with E-state index in [2.05, 4.69) is 27.7 Å². The van der Waals surface area contributed by atoms with Crippen molar-refractivity contribution in [3.8, 4) is 11.5 Å². The number of ether oxygens (including phenoxy) is 2. The first-order chi connectivity index (χ1) is 17.5. The average molecular weight is 517 g/mol. The summed E-state index contributed by atoms with van der Waals surface area (Å²) in [7, 11) is 0. The minimum Gasteiger partial charge on any atom is -0.487 e. The lowest BCUT2D eigenvalue weighted by Crippen LogP contribution is -2.37. The summed E-state index contributed by atoms with van der Waals surface area (Å²) in [6.07, 6.45) is 14.4. The second-order valence-electron chi connectivity index (χ2n) is 12.0. The Morgan fingerprint density at radius 3 is 2.16 bits per heavy atom. The Bertz CT molecular complexity index is 905. The summed E-state index contributed by atoms with van der Waals surface area (Å²) in [6.45, 7) is 15.3. The molecule has 3 atom stereocenters. The van der Waals surface area contributed by atoms with Crippen LogP contribution in [-0.2, 0) is 16.0 Å². The fraction of sp³-hybridized carbons (Fsp3) is 0.750. The number of hydrogen-bond acceptors (Lipinski definition) is 4. The molecule has 1 heterocycles. The molecule has 0 fully saturated rings. The van der Waals surface area contributed by atoms with Crippen molar-refractivity contribution in [2.24, 2.45) is 11.8 Å². The largest absolute Gasteiger partial charge is 0.487 e. The zero-order valence-corrected chi connectivity index (χ0v) is 24.6. The Balaban J connectivity index is 1.89. The van der Waals surface area contributed by atoms with Gasteiger partial charge in [0.25, 0.3) is 0 Å². The molecule has 0 spiro atoms. The molecule has 0 saturated carbocycles. The van der Waals surface area contributed by atoms with Crippen molar-refractivity contribution in [2.75, 3.05) is 0 Å². The van der Waals surface area contributed by atoms with Crippen molar-refractivity contribution in [3.05, 3.63) is 22.3 Å². The van der Waals surface area contributed by atoms with Crippen LogP contribution in [-0.4, -0.2) is 22.6 Å². The highest BCUT2D eigenvalue weighted by molar-refractivity contribution is 5.79. The van der Waals surface area contributed by atoms with Crippen LogP contribution < -0.4 is 9.47 Å². The van der Waals surface area contributed by atoms with Crippen LogP contribution in [0.1, 0.15) is 133 Å². The maximum Gasteiger partial charge on any atom is 0.311 e. The number of aliphatic carboxylic acids is 1. The number of esters is 1. The molecule has 1 aliphatic rings. The maximum absolute atomic E-state index is 12.2. The van der Waals surface area contributed by atoms with E-state index in [-0.39, 0.29) is 18.4 Å². The van der Waals surface area contributed by atoms with E-state index in [0.29, 0.717) is 5.75 Å². The Labute approximate surface area is 225 Å². The van der Waals surface area contributed by atoms with Gasteiger partial charge in [-0.15, -0.1) is 0 Å². The van der Waals surface area contributed by atoms with Gasteiger partial charge in [0.2, 0.25) is 0 Å². The van der Waals surface area contributed by atoms with Gasteiger partial charge in [-0.2, -0.15) is 0 Å². The molecule has 0 saturated heterocycles. The molecular formula is C32H52O5. The second kappa shape index (κ2) is 14.8. The highest BCUT2D eigenvalue weighted by Crippen LogP contribution is 2.45. The predicted octanol–water partition coefficient (Wildman–Crippen LogP) is 8.66. The minimum atomic E-state index is -0.999. The maximum atomic E-state index is 12.2. The van der Waals surface area contributed by atoms with Crippen LogP contribution in [0.5, 0.6) is 11.5 Å². The fourth-order valence-electron chi connectivity index (χ4n) is 5.66. The van der Waals surface area contributed by atoms with Gasteiger partial charge in [0.15, 0.2) is 0 Å². The van der Waals surface area contributed by atoms with Gasteiger partial charge in [-0.05, 0) is 81.9 Å². The molecule has 0 amide bonds. The Morgan fingerprint density at radius 1 is 0.919 bits per heavy atom. The minimum absolute atomic E-state index is 0.130. The molecule has 3 unspecified atom stereocenters. The lowest BCUT2D eigenvalue weighted by Gasteiger charge is -2.38.